The van der Waals surface area contributed by atoms with E-state index in [1.165, 1.54) is 11.8 Å². The summed E-state index contributed by atoms with van der Waals surface area (Å²) in [6.07, 6.45) is 0. The van der Waals surface area contributed by atoms with E-state index in [1.54, 1.807) is 18.2 Å². The average molecular weight is 307 g/mol. The molecule has 1 atom stereocenters. The van der Waals surface area contributed by atoms with E-state index in [-0.39, 0.29) is 11.2 Å². The molecule has 2 aromatic carbocycles. The second-order valence-corrected chi connectivity index (χ2v) is 6.12. The second-order valence-electron chi connectivity index (χ2n) is 4.30. The minimum Gasteiger partial charge on any atom is -0.399 e. The Labute approximate surface area is 127 Å². The van der Waals surface area contributed by atoms with E-state index in [0.717, 1.165) is 4.90 Å². The van der Waals surface area contributed by atoms with Crippen LogP contribution >= 0.6 is 23.4 Å². The molecule has 0 bridgehead atoms. The van der Waals surface area contributed by atoms with Crippen LogP contribution in [0, 0.1) is 0 Å². The number of anilines is 2. The first-order valence-electron chi connectivity index (χ1n) is 6.14. The minimum absolute atomic E-state index is 0.0921. The first-order valence-corrected chi connectivity index (χ1v) is 7.39. The Hall–Kier alpha value is -1.65. The number of halogens is 1. The summed E-state index contributed by atoms with van der Waals surface area (Å²) >= 11 is 7.54. The van der Waals surface area contributed by atoms with Gasteiger partial charge >= 0.3 is 0 Å². The Morgan fingerprint density at radius 1 is 1.25 bits per heavy atom. The number of rotatable bonds is 4. The summed E-state index contributed by atoms with van der Waals surface area (Å²) in [6.45, 7) is 1.86. The summed E-state index contributed by atoms with van der Waals surface area (Å²) < 4.78 is 0. The number of hydrogen-bond donors (Lipinski definition) is 2. The highest BCUT2D eigenvalue weighted by atomic mass is 35.5. The van der Waals surface area contributed by atoms with Crippen molar-refractivity contribution in [2.45, 2.75) is 17.1 Å². The summed E-state index contributed by atoms with van der Waals surface area (Å²) in [7, 11) is 0. The molecule has 0 saturated carbocycles. The van der Waals surface area contributed by atoms with E-state index in [4.69, 9.17) is 17.3 Å². The second kappa shape index (κ2) is 6.68. The maximum absolute atomic E-state index is 12.1. The molecule has 3 nitrogen and oxygen atoms in total. The highest BCUT2D eigenvalue weighted by Gasteiger charge is 2.15. The van der Waals surface area contributed by atoms with Crippen LogP contribution in [0.25, 0.3) is 0 Å². The fourth-order valence-electron chi connectivity index (χ4n) is 1.62. The largest absolute Gasteiger partial charge is 0.399 e. The van der Waals surface area contributed by atoms with Crippen LogP contribution in [0.2, 0.25) is 5.02 Å². The van der Waals surface area contributed by atoms with Gasteiger partial charge in [-0.25, -0.2) is 0 Å². The van der Waals surface area contributed by atoms with Gasteiger partial charge in [-0.1, -0.05) is 29.8 Å². The molecule has 104 valence electrons. The summed E-state index contributed by atoms with van der Waals surface area (Å²) in [6, 6.07) is 14.8. The van der Waals surface area contributed by atoms with E-state index in [2.05, 4.69) is 5.32 Å². The Bertz CT molecular complexity index is 604. The molecule has 0 fully saturated rings. The van der Waals surface area contributed by atoms with Crippen molar-refractivity contribution in [2.75, 3.05) is 11.1 Å². The molecule has 0 aromatic heterocycles. The number of benzene rings is 2. The molecule has 0 aliphatic heterocycles. The number of carbonyl (C=O) groups is 1. The van der Waals surface area contributed by atoms with Crippen molar-refractivity contribution < 1.29 is 4.79 Å². The third kappa shape index (κ3) is 3.92. The zero-order chi connectivity index (χ0) is 14.5. The van der Waals surface area contributed by atoms with Crippen LogP contribution in [0.1, 0.15) is 6.92 Å². The lowest BCUT2D eigenvalue weighted by Crippen LogP contribution is -2.22. The number of carbonyl (C=O) groups excluding carboxylic acids is 1. The van der Waals surface area contributed by atoms with Crippen LogP contribution in [-0.2, 0) is 4.79 Å². The van der Waals surface area contributed by atoms with Crippen molar-refractivity contribution in [3.05, 3.63) is 53.6 Å². The maximum atomic E-state index is 12.1. The Morgan fingerprint density at radius 2 is 1.95 bits per heavy atom. The predicted molar refractivity (Wildman–Crippen MR) is 86.3 cm³/mol. The van der Waals surface area contributed by atoms with E-state index in [9.17, 15) is 4.79 Å². The molecule has 0 aliphatic carbocycles. The summed E-state index contributed by atoms with van der Waals surface area (Å²) in [5, 5.41) is 3.03. The van der Waals surface area contributed by atoms with Crippen LogP contribution in [0.4, 0.5) is 11.4 Å². The van der Waals surface area contributed by atoms with Gasteiger partial charge in [0.25, 0.3) is 0 Å². The van der Waals surface area contributed by atoms with Crippen molar-refractivity contribution in [2.24, 2.45) is 0 Å². The molecule has 20 heavy (non-hydrogen) atoms. The number of nitrogens with two attached hydrogens (primary N) is 1. The molecule has 2 aromatic rings. The lowest BCUT2D eigenvalue weighted by Gasteiger charge is -2.13. The van der Waals surface area contributed by atoms with Crippen molar-refractivity contribution in [3.8, 4) is 0 Å². The average Bonchev–Trinajstić information content (AvgIpc) is 2.43. The molecule has 2 rings (SSSR count). The predicted octanol–water partition coefficient (Wildman–Crippen LogP) is 4.04. The van der Waals surface area contributed by atoms with Gasteiger partial charge < -0.3 is 11.1 Å². The van der Waals surface area contributed by atoms with Crippen LogP contribution in [0.3, 0.4) is 0 Å². The van der Waals surface area contributed by atoms with Gasteiger partial charge in [0.2, 0.25) is 5.91 Å². The molecule has 0 spiro atoms. The van der Waals surface area contributed by atoms with Crippen LogP contribution in [0.15, 0.2) is 53.4 Å². The molecular formula is C15H15ClN2OS. The van der Waals surface area contributed by atoms with Gasteiger partial charge in [-0.3, -0.25) is 4.79 Å². The fourth-order valence-corrected chi connectivity index (χ4v) is 2.75. The molecule has 0 heterocycles. The third-order valence-corrected chi connectivity index (χ3v) is 4.10. The quantitative estimate of drug-likeness (QED) is 0.662. The molecule has 1 amide bonds. The van der Waals surface area contributed by atoms with Gasteiger partial charge in [-0.15, -0.1) is 11.8 Å². The highest BCUT2D eigenvalue weighted by molar-refractivity contribution is 8.00. The van der Waals surface area contributed by atoms with Crippen LogP contribution in [-0.4, -0.2) is 11.2 Å². The van der Waals surface area contributed by atoms with E-state index >= 15 is 0 Å². The monoisotopic (exact) mass is 306 g/mol. The van der Waals surface area contributed by atoms with Gasteiger partial charge in [0.1, 0.15) is 0 Å². The standard InChI is InChI=1S/C15H15ClN2OS/c1-10(20-12-5-3-2-4-6-12)15(19)18-14-8-7-11(17)9-13(14)16/h2-10H,17H2,1H3,(H,18,19). The van der Waals surface area contributed by atoms with Gasteiger partial charge in [0.15, 0.2) is 0 Å². The maximum Gasteiger partial charge on any atom is 0.237 e. The topological polar surface area (TPSA) is 55.1 Å². The van der Waals surface area contributed by atoms with Crippen molar-refractivity contribution in [3.63, 3.8) is 0 Å². The fraction of sp³-hybridized carbons (Fsp3) is 0.133. The van der Waals surface area contributed by atoms with E-state index < -0.39 is 0 Å². The number of nitrogen functional groups attached to an aromatic ring is 1. The van der Waals surface area contributed by atoms with Gasteiger partial charge in [0.05, 0.1) is 16.0 Å². The summed E-state index contributed by atoms with van der Waals surface area (Å²) in [5.41, 5.74) is 6.76. The Balaban J connectivity index is 2.01. The molecule has 0 radical (unpaired) electrons. The minimum atomic E-state index is -0.217. The lowest BCUT2D eigenvalue weighted by molar-refractivity contribution is -0.115. The molecule has 5 heteroatoms. The lowest BCUT2D eigenvalue weighted by atomic mass is 10.2. The van der Waals surface area contributed by atoms with Crippen molar-refractivity contribution in [1.29, 1.82) is 0 Å². The summed E-state index contributed by atoms with van der Waals surface area (Å²) in [4.78, 5) is 13.2. The Morgan fingerprint density at radius 3 is 2.60 bits per heavy atom. The van der Waals surface area contributed by atoms with Gasteiger partial charge in [0, 0.05) is 10.6 Å². The van der Waals surface area contributed by atoms with Crippen LogP contribution in [0.5, 0.6) is 0 Å². The zero-order valence-electron chi connectivity index (χ0n) is 11.0. The number of hydrogen-bond acceptors (Lipinski definition) is 3. The first kappa shape index (κ1) is 14.8. The number of nitrogens with one attached hydrogen (secondary N) is 1. The number of thioether (sulfide) groups is 1. The normalized spacial score (nSPS) is 11.9. The molecule has 0 saturated heterocycles. The van der Waals surface area contributed by atoms with Crippen molar-refractivity contribution in [1.82, 2.24) is 0 Å². The molecular weight excluding hydrogens is 292 g/mol. The molecule has 3 N–H and O–H groups in total. The van der Waals surface area contributed by atoms with E-state index in [0.29, 0.717) is 16.4 Å². The van der Waals surface area contributed by atoms with E-state index in [1.807, 2.05) is 37.3 Å². The number of amides is 1. The first-order chi connectivity index (χ1) is 9.56. The molecule has 0 aliphatic rings. The zero-order valence-corrected chi connectivity index (χ0v) is 12.5. The summed E-state index contributed by atoms with van der Waals surface area (Å²) in [5.74, 6) is -0.0921. The third-order valence-electron chi connectivity index (χ3n) is 2.68. The van der Waals surface area contributed by atoms with Crippen molar-refractivity contribution >= 4 is 40.6 Å². The highest BCUT2D eigenvalue weighted by Crippen LogP contribution is 2.27. The SMILES string of the molecule is CC(Sc1ccccc1)C(=O)Nc1ccc(N)cc1Cl. The van der Waals surface area contributed by atoms with Gasteiger partial charge in [-0.2, -0.15) is 0 Å². The van der Waals surface area contributed by atoms with Gasteiger partial charge in [-0.05, 0) is 37.3 Å². The molecule has 1 unspecified atom stereocenters. The Kier molecular flexibility index (Phi) is 4.93. The van der Waals surface area contributed by atoms with Crippen LogP contribution < -0.4 is 11.1 Å². The smallest absolute Gasteiger partial charge is 0.237 e.